The molecule has 0 aliphatic heterocycles. The first-order valence-electron chi connectivity index (χ1n) is 5.80. The highest BCUT2D eigenvalue weighted by Crippen LogP contribution is 2.14. The second kappa shape index (κ2) is 7.32. The third-order valence-electron chi connectivity index (χ3n) is 2.42. The molecule has 0 aliphatic rings. The van der Waals surface area contributed by atoms with Crippen LogP contribution < -0.4 is 10.1 Å². The molecule has 0 heterocycles. The lowest BCUT2D eigenvalue weighted by Gasteiger charge is -2.17. The average Bonchev–Trinajstić information content (AvgIpc) is 2.32. The van der Waals surface area contributed by atoms with E-state index < -0.39 is 17.9 Å². The van der Waals surface area contributed by atoms with Gasteiger partial charge < -0.3 is 15.2 Å². The van der Waals surface area contributed by atoms with Crippen molar-refractivity contribution in [3.63, 3.8) is 0 Å². The number of carbonyl (C=O) groups is 2. The number of carboxylic acids is 1. The maximum Gasteiger partial charge on any atom is 0.326 e. The van der Waals surface area contributed by atoms with Gasteiger partial charge in [0.05, 0.1) is 0 Å². The van der Waals surface area contributed by atoms with Crippen molar-refractivity contribution in [1.82, 2.24) is 5.32 Å². The Balaban J connectivity index is 2.49. The number of rotatable bonds is 6. The van der Waals surface area contributed by atoms with E-state index in [-0.39, 0.29) is 12.5 Å². The van der Waals surface area contributed by atoms with Gasteiger partial charge in [-0.05, 0) is 46.7 Å². The molecule has 1 aromatic rings. The summed E-state index contributed by atoms with van der Waals surface area (Å²) in [6.07, 6.45) is 0. The Morgan fingerprint density at radius 3 is 2.63 bits per heavy atom. The highest BCUT2D eigenvalue weighted by atomic mass is 127. The van der Waals surface area contributed by atoms with Gasteiger partial charge in [0.25, 0.3) is 5.91 Å². The van der Waals surface area contributed by atoms with Crippen LogP contribution >= 0.6 is 22.6 Å². The topological polar surface area (TPSA) is 75.6 Å². The van der Waals surface area contributed by atoms with Gasteiger partial charge in [-0.1, -0.05) is 19.9 Å². The van der Waals surface area contributed by atoms with Gasteiger partial charge in [0, 0.05) is 3.57 Å². The van der Waals surface area contributed by atoms with Gasteiger partial charge >= 0.3 is 5.97 Å². The number of ether oxygens (including phenoxy) is 1. The second-order valence-corrected chi connectivity index (χ2v) is 5.62. The molecule has 6 heteroatoms. The van der Waals surface area contributed by atoms with Gasteiger partial charge in [0.15, 0.2) is 6.61 Å². The molecule has 1 atom stereocenters. The zero-order valence-corrected chi connectivity index (χ0v) is 12.9. The van der Waals surface area contributed by atoms with E-state index in [0.717, 1.165) is 3.57 Å². The third-order valence-corrected chi connectivity index (χ3v) is 3.09. The van der Waals surface area contributed by atoms with Gasteiger partial charge in [-0.25, -0.2) is 4.79 Å². The van der Waals surface area contributed by atoms with Crippen LogP contribution in [-0.2, 0) is 9.59 Å². The fraction of sp³-hybridized carbons (Fsp3) is 0.385. The number of aliphatic carboxylic acids is 1. The number of halogens is 1. The zero-order chi connectivity index (χ0) is 14.4. The monoisotopic (exact) mass is 377 g/mol. The Hall–Kier alpha value is -1.31. The van der Waals surface area contributed by atoms with Crippen LogP contribution in [0.25, 0.3) is 0 Å². The van der Waals surface area contributed by atoms with Gasteiger partial charge in [-0.2, -0.15) is 0 Å². The van der Waals surface area contributed by atoms with E-state index in [9.17, 15) is 9.59 Å². The Morgan fingerprint density at radius 2 is 2.11 bits per heavy atom. The lowest BCUT2D eigenvalue weighted by molar-refractivity contribution is -0.143. The lowest BCUT2D eigenvalue weighted by atomic mass is 10.1. The molecule has 0 aromatic heterocycles. The molecule has 1 rings (SSSR count). The van der Waals surface area contributed by atoms with Crippen LogP contribution in [0.5, 0.6) is 5.75 Å². The summed E-state index contributed by atoms with van der Waals surface area (Å²) in [6, 6.07) is 6.37. The molecule has 0 radical (unpaired) electrons. The summed E-state index contributed by atoms with van der Waals surface area (Å²) in [5.41, 5.74) is 0. The van der Waals surface area contributed by atoms with E-state index in [0.29, 0.717) is 5.75 Å². The number of amides is 1. The second-order valence-electron chi connectivity index (χ2n) is 4.37. The Labute approximate surface area is 125 Å². The molecule has 0 saturated carbocycles. The number of hydrogen-bond donors (Lipinski definition) is 2. The van der Waals surface area contributed by atoms with Gasteiger partial charge in [-0.3, -0.25) is 4.79 Å². The fourth-order valence-corrected chi connectivity index (χ4v) is 1.95. The van der Waals surface area contributed by atoms with Crippen molar-refractivity contribution in [2.24, 2.45) is 5.92 Å². The summed E-state index contributed by atoms with van der Waals surface area (Å²) in [5, 5.41) is 11.4. The van der Waals surface area contributed by atoms with Gasteiger partial charge in [0.2, 0.25) is 0 Å². The lowest BCUT2D eigenvalue weighted by Crippen LogP contribution is -2.46. The summed E-state index contributed by atoms with van der Waals surface area (Å²) in [7, 11) is 0. The quantitative estimate of drug-likeness (QED) is 0.743. The van der Waals surface area contributed by atoms with E-state index >= 15 is 0 Å². The van der Waals surface area contributed by atoms with Crippen molar-refractivity contribution >= 4 is 34.5 Å². The predicted molar refractivity (Wildman–Crippen MR) is 79.1 cm³/mol. The Kier molecular flexibility index (Phi) is 6.07. The van der Waals surface area contributed by atoms with E-state index in [1.165, 1.54) is 0 Å². The molecule has 104 valence electrons. The fourth-order valence-electron chi connectivity index (χ4n) is 1.43. The molecule has 0 saturated heterocycles. The largest absolute Gasteiger partial charge is 0.484 e. The number of hydrogen-bond acceptors (Lipinski definition) is 3. The average molecular weight is 377 g/mol. The van der Waals surface area contributed by atoms with E-state index in [4.69, 9.17) is 9.84 Å². The number of nitrogens with one attached hydrogen (secondary N) is 1. The van der Waals surface area contributed by atoms with Crippen LogP contribution in [0, 0.1) is 9.49 Å². The van der Waals surface area contributed by atoms with Crippen molar-refractivity contribution in [3.8, 4) is 5.75 Å². The third kappa shape index (κ3) is 5.46. The number of carbonyl (C=O) groups excluding carboxylic acids is 1. The van der Waals surface area contributed by atoms with Gasteiger partial charge in [-0.15, -0.1) is 0 Å². The summed E-state index contributed by atoms with van der Waals surface area (Å²) < 4.78 is 6.30. The Morgan fingerprint density at radius 1 is 1.42 bits per heavy atom. The zero-order valence-electron chi connectivity index (χ0n) is 10.7. The van der Waals surface area contributed by atoms with Crippen molar-refractivity contribution in [1.29, 1.82) is 0 Å². The highest BCUT2D eigenvalue weighted by Gasteiger charge is 2.23. The molecule has 1 amide bonds. The maximum atomic E-state index is 11.6. The number of benzene rings is 1. The minimum atomic E-state index is -1.04. The molecular formula is C13H16INO4. The van der Waals surface area contributed by atoms with Crippen molar-refractivity contribution < 1.29 is 19.4 Å². The molecule has 0 aliphatic carbocycles. The molecule has 0 unspecified atom stereocenters. The smallest absolute Gasteiger partial charge is 0.326 e. The number of carboxylic acid groups (broad SMARTS) is 1. The summed E-state index contributed by atoms with van der Waals surface area (Å²) in [4.78, 5) is 22.6. The molecule has 0 bridgehead atoms. The van der Waals surface area contributed by atoms with Crippen LogP contribution in [0.15, 0.2) is 24.3 Å². The van der Waals surface area contributed by atoms with E-state index in [1.54, 1.807) is 26.0 Å². The van der Waals surface area contributed by atoms with Crippen LogP contribution in [0.4, 0.5) is 0 Å². The first-order chi connectivity index (χ1) is 8.90. The van der Waals surface area contributed by atoms with E-state index in [2.05, 4.69) is 27.9 Å². The molecule has 1 aromatic carbocycles. The van der Waals surface area contributed by atoms with E-state index in [1.807, 2.05) is 12.1 Å². The summed E-state index contributed by atoms with van der Waals surface area (Å²) in [5.74, 6) is -1.09. The van der Waals surface area contributed by atoms with Crippen LogP contribution in [-0.4, -0.2) is 29.6 Å². The first kappa shape index (κ1) is 15.7. The van der Waals surface area contributed by atoms with Crippen LogP contribution in [0.2, 0.25) is 0 Å². The van der Waals surface area contributed by atoms with Crippen molar-refractivity contribution in [2.45, 2.75) is 19.9 Å². The summed E-state index contributed by atoms with van der Waals surface area (Å²) in [6.45, 7) is 3.27. The minimum absolute atomic E-state index is 0.181. The molecule has 2 N–H and O–H groups in total. The maximum absolute atomic E-state index is 11.6. The SMILES string of the molecule is CC(C)[C@@H](NC(=O)COc1cccc(I)c1)C(=O)O. The molecular weight excluding hydrogens is 361 g/mol. The molecule has 5 nitrogen and oxygen atoms in total. The highest BCUT2D eigenvalue weighted by molar-refractivity contribution is 14.1. The minimum Gasteiger partial charge on any atom is -0.484 e. The summed E-state index contributed by atoms with van der Waals surface area (Å²) >= 11 is 2.14. The van der Waals surface area contributed by atoms with Crippen molar-refractivity contribution in [2.75, 3.05) is 6.61 Å². The predicted octanol–water partition coefficient (Wildman–Crippen LogP) is 1.90. The van der Waals surface area contributed by atoms with Crippen LogP contribution in [0.1, 0.15) is 13.8 Å². The van der Waals surface area contributed by atoms with Crippen LogP contribution in [0.3, 0.4) is 0 Å². The normalized spacial score (nSPS) is 12.0. The Bertz CT molecular complexity index is 462. The standard InChI is InChI=1S/C13H16INO4/c1-8(2)12(13(17)18)15-11(16)7-19-10-5-3-4-9(14)6-10/h3-6,8,12H,7H2,1-2H3,(H,15,16)(H,17,18)/t12-/m1/s1. The molecule has 19 heavy (non-hydrogen) atoms. The molecule has 0 fully saturated rings. The first-order valence-corrected chi connectivity index (χ1v) is 6.88. The van der Waals surface area contributed by atoms with Crippen molar-refractivity contribution in [3.05, 3.63) is 27.8 Å². The van der Waals surface area contributed by atoms with Gasteiger partial charge in [0.1, 0.15) is 11.8 Å². The molecule has 0 spiro atoms.